The van der Waals surface area contributed by atoms with Crippen LogP contribution in [0.5, 0.6) is 0 Å². The highest BCUT2D eigenvalue weighted by atomic mass is 32.2. The second kappa shape index (κ2) is 7.79. The van der Waals surface area contributed by atoms with Gasteiger partial charge in [-0.15, -0.1) is 0 Å². The highest BCUT2D eigenvalue weighted by molar-refractivity contribution is 7.84. The number of Topliss-reactive ketones (excluding diaryl/α,β-unsaturated/α-hetero) is 1. The van der Waals surface area contributed by atoms with Crippen LogP contribution in [-0.4, -0.2) is 34.1 Å². The van der Waals surface area contributed by atoms with E-state index in [2.05, 4.69) is 10.6 Å². The molecule has 6 heteroatoms. The maximum atomic E-state index is 11.7. The minimum absolute atomic E-state index is 0.0119. The third kappa shape index (κ3) is 5.97. The molecule has 0 aliphatic heterocycles. The molecule has 0 aromatic heterocycles. The number of carbonyl (C=O) groups excluding carboxylic acids is 2. The number of carbonyl (C=O) groups is 2. The van der Waals surface area contributed by atoms with Crippen molar-refractivity contribution >= 4 is 28.3 Å². The second-order valence-corrected chi connectivity index (χ2v) is 6.25. The van der Waals surface area contributed by atoms with E-state index in [1.54, 1.807) is 30.5 Å². The van der Waals surface area contributed by atoms with E-state index in [1.165, 1.54) is 6.92 Å². The molecule has 0 aliphatic carbocycles. The summed E-state index contributed by atoms with van der Waals surface area (Å²) in [6, 6.07) is 6.35. The summed E-state index contributed by atoms with van der Waals surface area (Å²) in [6.45, 7) is 3.36. The van der Waals surface area contributed by atoms with Crippen LogP contribution in [-0.2, 0) is 10.8 Å². The molecule has 2 amide bonds. The largest absolute Gasteiger partial charge is 0.335 e. The Bertz CT molecular complexity index is 500. The van der Waals surface area contributed by atoms with Gasteiger partial charge < -0.3 is 10.6 Å². The molecule has 110 valence electrons. The third-order valence-corrected chi connectivity index (χ3v) is 3.58. The molecule has 0 radical (unpaired) electrons. The fourth-order valence-corrected chi connectivity index (χ4v) is 2.28. The van der Waals surface area contributed by atoms with E-state index in [0.717, 1.165) is 0 Å². The van der Waals surface area contributed by atoms with Crippen LogP contribution in [0.15, 0.2) is 24.3 Å². The van der Waals surface area contributed by atoms with Crippen molar-refractivity contribution in [1.29, 1.82) is 0 Å². The summed E-state index contributed by atoms with van der Waals surface area (Å²) < 4.78 is 11.0. The van der Waals surface area contributed by atoms with Crippen LogP contribution < -0.4 is 10.6 Å². The second-order valence-electron chi connectivity index (χ2n) is 4.70. The maximum absolute atomic E-state index is 11.7. The molecule has 0 heterocycles. The van der Waals surface area contributed by atoms with Gasteiger partial charge in [0.2, 0.25) is 0 Å². The Morgan fingerprint density at radius 2 is 1.85 bits per heavy atom. The van der Waals surface area contributed by atoms with Crippen molar-refractivity contribution in [1.82, 2.24) is 5.32 Å². The van der Waals surface area contributed by atoms with E-state index in [9.17, 15) is 13.8 Å². The SMILES string of the molecule is CC(=O)c1ccc(NC(=O)NC(C)CCS(C)=O)cc1. The normalized spacial score (nSPS) is 13.3. The van der Waals surface area contributed by atoms with Gasteiger partial charge in [-0.05, 0) is 44.5 Å². The highest BCUT2D eigenvalue weighted by Gasteiger charge is 2.08. The number of urea groups is 1. The summed E-state index contributed by atoms with van der Waals surface area (Å²) in [5.74, 6) is 0.552. The first-order valence-corrected chi connectivity index (χ1v) is 8.09. The Hall–Kier alpha value is -1.69. The van der Waals surface area contributed by atoms with Crippen molar-refractivity contribution in [2.45, 2.75) is 26.3 Å². The van der Waals surface area contributed by atoms with Gasteiger partial charge in [0.05, 0.1) is 0 Å². The van der Waals surface area contributed by atoms with E-state index in [-0.39, 0.29) is 17.9 Å². The molecule has 0 bridgehead atoms. The minimum atomic E-state index is -0.850. The smallest absolute Gasteiger partial charge is 0.319 e. The molecule has 0 saturated heterocycles. The number of amides is 2. The molecule has 2 unspecified atom stereocenters. The van der Waals surface area contributed by atoms with Gasteiger partial charge in [-0.2, -0.15) is 0 Å². The Balaban J connectivity index is 2.45. The van der Waals surface area contributed by atoms with Crippen molar-refractivity contribution in [2.24, 2.45) is 0 Å². The molecule has 1 aromatic rings. The molecule has 1 aromatic carbocycles. The lowest BCUT2D eigenvalue weighted by molar-refractivity contribution is 0.101. The summed E-state index contributed by atoms with van der Waals surface area (Å²) in [6.07, 6.45) is 2.31. The molecule has 0 fully saturated rings. The molecule has 1 rings (SSSR count). The molecule has 5 nitrogen and oxygen atoms in total. The lowest BCUT2D eigenvalue weighted by Gasteiger charge is -2.14. The summed E-state index contributed by atoms with van der Waals surface area (Å²) in [7, 11) is -0.850. The average molecular weight is 296 g/mol. The number of hydrogen-bond donors (Lipinski definition) is 2. The van der Waals surface area contributed by atoms with Crippen LogP contribution in [0.4, 0.5) is 10.5 Å². The first kappa shape index (κ1) is 16.4. The Kier molecular flexibility index (Phi) is 6.38. The van der Waals surface area contributed by atoms with Gasteiger partial charge in [-0.3, -0.25) is 9.00 Å². The Morgan fingerprint density at radius 3 is 2.35 bits per heavy atom. The number of anilines is 1. The fraction of sp³-hybridized carbons (Fsp3) is 0.429. The standard InChI is InChI=1S/C14H20N2O3S/c1-10(8-9-20(3)19)15-14(18)16-13-6-4-12(5-7-13)11(2)17/h4-7,10H,8-9H2,1-3H3,(H2,15,16,18). The van der Waals surface area contributed by atoms with Crippen LogP contribution in [0.1, 0.15) is 30.6 Å². The van der Waals surface area contributed by atoms with Crippen LogP contribution in [0.2, 0.25) is 0 Å². The number of ketones is 1. The van der Waals surface area contributed by atoms with Crippen molar-refractivity contribution in [3.8, 4) is 0 Å². The first-order valence-electron chi connectivity index (χ1n) is 6.37. The molecule has 2 N–H and O–H groups in total. The van der Waals surface area contributed by atoms with Crippen LogP contribution in [0.25, 0.3) is 0 Å². The molecule has 0 aliphatic rings. The van der Waals surface area contributed by atoms with Gasteiger partial charge in [0.1, 0.15) is 0 Å². The third-order valence-electron chi connectivity index (χ3n) is 2.77. The zero-order chi connectivity index (χ0) is 15.1. The highest BCUT2D eigenvalue weighted by Crippen LogP contribution is 2.10. The molecule has 20 heavy (non-hydrogen) atoms. The predicted molar refractivity (Wildman–Crippen MR) is 81.6 cm³/mol. The summed E-state index contributed by atoms with van der Waals surface area (Å²) >= 11 is 0. The van der Waals surface area contributed by atoms with Crippen LogP contribution >= 0.6 is 0 Å². The van der Waals surface area contributed by atoms with Gasteiger partial charge in [-0.25, -0.2) is 4.79 Å². The lowest BCUT2D eigenvalue weighted by atomic mass is 10.1. The monoisotopic (exact) mass is 296 g/mol. The zero-order valence-corrected chi connectivity index (χ0v) is 12.8. The summed E-state index contributed by atoms with van der Waals surface area (Å²) in [4.78, 5) is 22.8. The van der Waals surface area contributed by atoms with Gasteiger partial charge in [0.15, 0.2) is 5.78 Å². The summed E-state index contributed by atoms with van der Waals surface area (Å²) in [5.41, 5.74) is 1.23. The minimum Gasteiger partial charge on any atom is -0.335 e. The zero-order valence-electron chi connectivity index (χ0n) is 11.9. The van der Waals surface area contributed by atoms with Gasteiger partial charge in [-0.1, -0.05) is 0 Å². The molecule has 2 atom stereocenters. The van der Waals surface area contributed by atoms with Crippen LogP contribution in [0.3, 0.4) is 0 Å². The maximum Gasteiger partial charge on any atom is 0.319 e. The quantitative estimate of drug-likeness (QED) is 0.790. The Labute approximate surface area is 121 Å². The van der Waals surface area contributed by atoms with Crippen LogP contribution in [0, 0.1) is 0 Å². The fourth-order valence-electron chi connectivity index (χ4n) is 1.59. The van der Waals surface area contributed by atoms with E-state index in [4.69, 9.17) is 0 Å². The van der Waals surface area contributed by atoms with Crippen molar-refractivity contribution in [2.75, 3.05) is 17.3 Å². The van der Waals surface area contributed by atoms with Gasteiger partial charge in [0.25, 0.3) is 0 Å². The number of hydrogen-bond acceptors (Lipinski definition) is 3. The average Bonchev–Trinajstić information content (AvgIpc) is 2.36. The Morgan fingerprint density at radius 1 is 1.25 bits per heavy atom. The van der Waals surface area contributed by atoms with Crippen molar-refractivity contribution in [3.05, 3.63) is 29.8 Å². The lowest BCUT2D eigenvalue weighted by Crippen LogP contribution is -2.36. The van der Waals surface area contributed by atoms with Crippen molar-refractivity contribution < 1.29 is 13.8 Å². The molecular formula is C14H20N2O3S. The molecule has 0 spiro atoms. The van der Waals surface area contributed by atoms with E-state index >= 15 is 0 Å². The molecular weight excluding hydrogens is 276 g/mol. The van der Waals surface area contributed by atoms with Crippen molar-refractivity contribution in [3.63, 3.8) is 0 Å². The van der Waals surface area contributed by atoms with E-state index in [0.29, 0.717) is 23.4 Å². The van der Waals surface area contributed by atoms with E-state index < -0.39 is 10.8 Å². The van der Waals surface area contributed by atoms with Gasteiger partial charge >= 0.3 is 6.03 Å². The topological polar surface area (TPSA) is 75.3 Å². The number of benzene rings is 1. The predicted octanol–water partition coefficient (Wildman–Crippen LogP) is 2.17. The first-order chi connectivity index (χ1) is 9.38. The number of rotatable bonds is 6. The van der Waals surface area contributed by atoms with Gasteiger partial charge in [0, 0.05) is 40.1 Å². The summed E-state index contributed by atoms with van der Waals surface area (Å²) in [5, 5.41) is 5.46. The number of nitrogens with one attached hydrogen (secondary N) is 2. The molecule has 0 saturated carbocycles. The van der Waals surface area contributed by atoms with E-state index in [1.807, 2.05) is 6.92 Å².